The third kappa shape index (κ3) is 26.5. The van der Waals surface area contributed by atoms with E-state index in [1.54, 1.807) is 36.9 Å². The van der Waals surface area contributed by atoms with Gasteiger partial charge in [-0.25, -0.2) is 37.3 Å². The van der Waals surface area contributed by atoms with Crippen molar-refractivity contribution in [2.75, 3.05) is 0 Å². The largest absolute Gasteiger partial charge is 2.00 e. The van der Waals surface area contributed by atoms with E-state index in [0.717, 1.165) is 29.7 Å². The van der Waals surface area contributed by atoms with Gasteiger partial charge >= 0.3 is 34.1 Å². The minimum absolute atomic E-state index is 0. The summed E-state index contributed by atoms with van der Waals surface area (Å²) in [5.74, 6) is -1.09. The molecular formula is C34H33Cl3Cu2N6O11. The molecule has 0 spiro atoms. The van der Waals surface area contributed by atoms with Crippen LogP contribution in [0.15, 0.2) is 110 Å². The zero-order valence-corrected chi connectivity index (χ0v) is 33.2. The molecule has 0 unspecified atom stereocenters. The molecule has 0 N–H and O–H groups in total. The quantitative estimate of drug-likeness (QED) is 0.105. The summed E-state index contributed by atoms with van der Waals surface area (Å²) in [5, 5.41) is 23.3. The van der Waals surface area contributed by atoms with Crippen LogP contribution in [-0.4, -0.2) is 35.7 Å². The number of halogens is 3. The summed E-state index contributed by atoms with van der Waals surface area (Å²) >= 11 is 6.60. The standard InChI is InChI=1S/C32H31ClN6O.C2H4O2.2ClHO4.2Cu/c33-27-17-25(19-38(21-28-9-1-5-13-34-28)22-29-10-2-6-14-35-29)32(40)26(18-27)20-39(23-30-11-3-7-15-36-30)24-31-12-4-8-16-37-31;1-2(3)4;2*2-1(3,4)5;;/h1-18,40H,19-24H2;1H3,(H,3,4);2*(H,2,3,4,5);;/q;;;;2*+2/p-4. The molecule has 2 radical (unpaired) electrons. The van der Waals surface area contributed by atoms with Crippen LogP contribution in [0.1, 0.15) is 40.8 Å². The van der Waals surface area contributed by atoms with Gasteiger partial charge < -0.3 is 15.0 Å². The van der Waals surface area contributed by atoms with E-state index in [9.17, 15) is 5.11 Å². The molecule has 1 aromatic carbocycles. The van der Waals surface area contributed by atoms with Crippen molar-refractivity contribution in [3.05, 3.63) is 149 Å². The summed E-state index contributed by atoms with van der Waals surface area (Å²) in [6.07, 6.45) is 7.12. The van der Waals surface area contributed by atoms with Crippen LogP contribution in [0.3, 0.4) is 0 Å². The Morgan fingerprint density at radius 2 is 0.786 bits per heavy atom. The van der Waals surface area contributed by atoms with Gasteiger partial charge in [0.25, 0.3) is 0 Å². The minimum atomic E-state index is -4.94. The molecule has 0 atom stereocenters. The van der Waals surface area contributed by atoms with Gasteiger partial charge in [0.15, 0.2) is 0 Å². The maximum atomic E-state index is 13.8. The molecule has 0 saturated carbocycles. The van der Waals surface area contributed by atoms with Crippen LogP contribution >= 0.6 is 11.6 Å². The fourth-order valence-corrected chi connectivity index (χ4v) is 4.91. The van der Waals surface area contributed by atoms with Crippen LogP contribution in [0.25, 0.3) is 0 Å². The van der Waals surface area contributed by atoms with Crippen LogP contribution in [0, 0.1) is 20.5 Å². The van der Waals surface area contributed by atoms with Gasteiger partial charge in [0.1, 0.15) is 0 Å². The van der Waals surface area contributed by atoms with Gasteiger partial charge in [-0.2, -0.15) is 0 Å². The molecule has 0 aliphatic rings. The maximum absolute atomic E-state index is 13.8. The first-order chi connectivity index (χ1) is 25.4. The molecule has 4 aromatic heterocycles. The average Bonchev–Trinajstić information content (AvgIpc) is 3.07. The normalized spacial score (nSPS) is 10.6. The second kappa shape index (κ2) is 27.3. The summed E-state index contributed by atoms with van der Waals surface area (Å²) in [6, 6.07) is 27.0. The zero-order chi connectivity index (χ0) is 40.1. The van der Waals surface area contributed by atoms with Crippen molar-refractivity contribution in [2.24, 2.45) is 0 Å². The van der Waals surface area contributed by atoms with E-state index < -0.39 is 26.5 Å². The minimum Gasteiger partial charge on any atom is -0.872 e. The topological polar surface area (TPSA) is 306 Å². The number of benzene rings is 1. The third-order valence-corrected chi connectivity index (χ3v) is 6.66. The molecule has 0 aliphatic carbocycles. The first-order valence-corrected chi connectivity index (χ1v) is 18.1. The van der Waals surface area contributed by atoms with Crippen molar-refractivity contribution in [1.29, 1.82) is 0 Å². The molecule has 56 heavy (non-hydrogen) atoms. The first-order valence-electron chi connectivity index (χ1n) is 15.3. The maximum Gasteiger partial charge on any atom is 2.00 e. The smallest absolute Gasteiger partial charge is 0.872 e. The molecule has 5 rings (SSSR count). The fourth-order valence-electron chi connectivity index (χ4n) is 4.65. The van der Waals surface area contributed by atoms with Crippen LogP contribution in [-0.2, 0) is 78.2 Å². The van der Waals surface area contributed by atoms with Gasteiger partial charge in [-0.05, 0) is 78.7 Å². The third-order valence-electron chi connectivity index (χ3n) is 6.44. The molecule has 4 heterocycles. The zero-order valence-electron chi connectivity index (χ0n) is 29.0. The molecule has 17 nitrogen and oxygen atoms in total. The van der Waals surface area contributed by atoms with E-state index in [4.69, 9.17) is 58.8 Å². The van der Waals surface area contributed by atoms with Crippen LogP contribution < -0.4 is 47.5 Å². The second-order valence-corrected chi connectivity index (χ2v) is 12.8. The first kappa shape index (κ1) is 52.6. The van der Waals surface area contributed by atoms with Crippen molar-refractivity contribution < 1.29 is 107 Å². The molecule has 0 aliphatic heterocycles. The Kier molecular flexibility index (Phi) is 25.6. The SMILES string of the molecule is CC(=O)[O-].[Cu+2].[Cu+2].[O-][Cl+3]([O-])([O-])[O-].[O-][Cl+3]([O-])([O-])[O-].[O-]c1c(CN(Cc2ccccn2)Cc2ccccn2)cc(Cl)cc1CN(Cc1ccccn1)Cc1ccccn1. The van der Waals surface area contributed by atoms with E-state index >= 15 is 0 Å². The van der Waals surface area contributed by atoms with E-state index in [1.165, 1.54) is 0 Å². The van der Waals surface area contributed by atoms with Gasteiger partial charge in [-0.3, -0.25) is 29.7 Å². The Balaban J connectivity index is 0.00000163. The van der Waals surface area contributed by atoms with E-state index in [1.807, 2.05) is 72.8 Å². The molecule has 22 heteroatoms. The number of rotatable bonds is 12. The van der Waals surface area contributed by atoms with Crippen molar-refractivity contribution >= 4 is 17.6 Å². The Bertz CT molecular complexity index is 1590. The van der Waals surface area contributed by atoms with E-state index in [2.05, 4.69) is 29.7 Å². The Labute approximate surface area is 353 Å². The van der Waals surface area contributed by atoms with Gasteiger partial charge in [-0.15, -0.1) is 20.5 Å². The summed E-state index contributed by atoms with van der Waals surface area (Å²) in [4.78, 5) is 31.2. The van der Waals surface area contributed by atoms with Crippen molar-refractivity contribution in [3.8, 4) is 5.75 Å². The van der Waals surface area contributed by atoms with E-state index in [0.29, 0.717) is 55.4 Å². The molecular weight excluding hydrogens is 902 g/mol. The number of aromatic nitrogens is 4. The van der Waals surface area contributed by atoms with Gasteiger partial charge in [0.2, 0.25) is 0 Å². The van der Waals surface area contributed by atoms with Crippen molar-refractivity contribution in [3.63, 3.8) is 0 Å². The predicted molar refractivity (Wildman–Crippen MR) is 164 cm³/mol. The summed E-state index contributed by atoms with van der Waals surface area (Å²) in [6.45, 7) is 4.10. The molecule has 5 aromatic rings. The number of aliphatic carboxylic acids is 1. The molecule has 308 valence electrons. The predicted octanol–water partition coefficient (Wildman–Crippen LogP) is -5.36. The Morgan fingerprint density at radius 3 is 0.982 bits per heavy atom. The second-order valence-electron chi connectivity index (χ2n) is 10.9. The Morgan fingerprint density at radius 1 is 0.554 bits per heavy atom. The molecule has 0 fully saturated rings. The number of carbonyl (C=O) groups is 1. The fraction of sp³-hybridized carbons (Fsp3) is 0.206. The number of carbonyl (C=O) groups excluding carboxylic acids is 1. The molecule has 0 bridgehead atoms. The van der Waals surface area contributed by atoms with Gasteiger partial charge in [-0.1, -0.05) is 41.6 Å². The average molecular weight is 935 g/mol. The summed E-state index contributed by atoms with van der Waals surface area (Å²) in [5.41, 5.74) is 4.97. The van der Waals surface area contributed by atoms with Crippen molar-refractivity contribution in [2.45, 2.75) is 46.2 Å². The van der Waals surface area contributed by atoms with Crippen LogP contribution in [0.5, 0.6) is 5.75 Å². The number of carboxylic acid groups (broad SMARTS) is 1. The number of hydrogen-bond acceptors (Lipinski definition) is 17. The van der Waals surface area contributed by atoms with Crippen LogP contribution in [0.4, 0.5) is 0 Å². The van der Waals surface area contributed by atoms with Crippen molar-refractivity contribution in [1.82, 2.24) is 29.7 Å². The summed E-state index contributed by atoms with van der Waals surface area (Å²) < 4.78 is 67.9. The van der Waals surface area contributed by atoms with E-state index in [-0.39, 0.29) is 39.9 Å². The van der Waals surface area contributed by atoms with Gasteiger partial charge in [0.05, 0.1) is 22.8 Å². The number of hydrogen-bond donors (Lipinski definition) is 0. The number of pyridine rings is 4. The van der Waals surface area contributed by atoms with Gasteiger partial charge in [0, 0.05) is 75.0 Å². The molecule has 0 amide bonds. The van der Waals surface area contributed by atoms with Crippen LogP contribution in [0.2, 0.25) is 5.02 Å². The Hall–Kier alpha value is -3.40. The number of nitrogens with zero attached hydrogens (tertiary/aromatic N) is 6. The monoisotopic (exact) mass is 932 g/mol. The summed E-state index contributed by atoms with van der Waals surface area (Å²) in [7, 11) is -9.89. The number of carboxylic acids is 1. The molecule has 0 saturated heterocycles.